The van der Waals surface area contributed by atoms with Gasteiger partial charge in [-0.15, -0.1) is 0 Å². The number of aryl methyl sites for hydroxylation is 1. The van der Waals surface area contributed by atoms with Crippen LogP contribution in [0.4, 0.5) is 11.4 Å². The van der Waals surface area contributed by atoms with Gasteiger partial charge in [0.05, 0.1) is 11.4 Å². The van der Waals surface area contributed by atoms with Crippen LogP contribution in [0.15, 0.2) is 53.4 Å². The number of hydrogen-bond acceptors (Lipinski definition) is 4. The normalized spacial score (nSPS) is 11.2. The Labute approximate surface area is 125 Å². The van der Waals surface area contributed by atoms with Gasteiger partial charge in [0.15, 0.2) is 0 Å². The van der Waals surface area contributed by atoms with E-state index in [-0.39, 0.29) is 4.90 Å². The van der Waals surface area contributed by atoms with Gasteiger partial charge in [0.25, 0.3) is 10.0 Å². The van der Waals surface area contributed by atoms with Crippen LogP contribution in [0.3, 0.4) is 0 Å². The van der Waals surface area contributed by atoms with E-state index in [0.29, 0.717) is 17.9 Å². The highest BCUT2D eigenvalue weighted by Gasteiger charge is 2.25. The lowest BCUT2D eigenvalue weighted by molar-refractivity contribution is 0.592. The van der Waals surface area contributed by atoms with Gasteiger partial charge in [0.1, 0.15) is 4.90 Å². The second-order valence-electron chi connectivity index (χ2n) is 4.65. The second-order valence-corrected chi connectivity index (χ2v) is 6.48. The van der Waals surface area contributed by atoms with Crippen molar-refractivity contribution in [3.8, 4) is 0 Å². The molecule has 0 bridgehead atoms. The number of hydrogen-bond donors (Lipinski definition) is 2. The van der Waals surface area contributed by atoms with Crippen LogP contribution < -0.4 is 15.6 Å². The Morgan fingerprint density at radius 2 is 1.71 bits per heavy atom. The number of nitrogens with one attached hydrogen (secondary N) is 1. The van der Waals surface area contributed by atoms with Crippen LogP contribution >= 0.6 is 0 Å². The minimum Gasteiger partial charge on any atom is -0.323 e. The first-order chi connectivity index (χ1) is 10.0. The molecule has 0 atom stereocenters. The zero-order valence-corrected chi connectivity index (χ0v) is 12.9. The first-order valence-electron chi connectivity index (χ1n) is 6.65. The van der Waals surface area contributed by atoms with Crippen LogP contribution in [-0.2, 0) is 10.0 Å². The monoisotopic (exact) mass is 305 g/mol. The minimum absolute atomic E-state index is 0.162. The van der Waals surface area contributed by atoms with Crippen molar-refractivity contribution in [3.05, 3.63) is 54.1 Å². The molecule has 0 radical (unpaired) electrons. The highest BCUT2D eigenvalue weighted by Crippen LogP contribution is 2.28. The zero-order chi connectivity index (χ0) is 15.5. The van der Waals surface area contributed by atoms with Gasteiger partial charge in [-0.3, -0.25) is 10.1 Å². The van der Waals surface area contributed by atoms with E-state index in [1.165, 1.54) is 4.31 Å². The van der Waals surface area contributed by atoms with Crippen molar-refractivity contribution in [2.45, 2.75) is 18.7 Å². The Kier molecular flexibility index (Phi) is 4.50. The molecule has 0 saturated carbocycles. The average molecular weight is 305 g/mol. The third kappa shape index (κ3) is 3.01. The van der Waals surface area contributed by atoms with Gasteiger partial charge in [0.2, 0.25) is 0 Å². The van der Waals surface area contributed by atoms with Gasteiger partial charge in [0, 0.05) is 6.54 Å². The van der Waals surface area contributed by atoms with E-state index in [0.717, 1.165) is 5.56 Å². The molecule has 0 aliphatic carbocycles. The van der Waals surface area contributed by atoms with E-state index in [1.807, 2.05) is 19.1 Å². The van der Waals surface area contributed by atoms with Crippen molar-refractivity contribution in [2.75, 3.05) is 16.3 Å². The standard InChI is InChI=1S/C15H19N3O2S/c1-3-18(13-10-8-12(2)9-11-13)21(19,20)15-7-5-4-6-14(15)17-16/h4-11,17H,3,16H2,1-2H3. The zero-order valence-electron chi connectivity index (χ0n) is 12.1. The van der Waals surface area contributed by atoms with Crippen LogP contribution in [0.2, 0.25) is 0 Å². The summed E-state index contributed by atoms with van der Waals surface area (Å²) in [5, 5.41) is 0. The smallest absolute Gasteiger partial charge is 0.266 e. The quantitative estimate of drug-likeness (QED) is 0.657. The summed E-state index contributed by atoms with van der Waals surface area (Å²) in [5.41, 5.74) is 4.53. The summed E-state index contributed by atoms with van der Waals surface area (Å²) in [5.74, 6) is 5.41. The Balaban J connectivity index is 2.52. The van der Waals surface area contributed by atoms with E-state index in [2.05, 4.69) is 5.43 Å². The molecular formula is C15H19N3O2S. The summed E-state index contributed by atoms with van der Waals surface area (Å²) in [6, 6.07) is 14.0. The third-order valence-electron chi connectivity index (χ3n) is 3.22. The Hall–Kier alpha value is -2.05. The fourth-order valence-corrected chi connectivity index (χ4v) is 3.76. The van der Waals surface area contributed by atoms with Gasteiger partial charge in [-0.2, -0.15) is 0 Å². The molecule has 0 heterocycles. The van der Waals surface area contributed by atoms with Crippen LogP contribution in [0.25, 0.3) is 0 Å². The van der Waals surface area contributed by atoms with E-state index in [1.54, 1.807) is 43.3 Å². The predicted molar refractivity (Wildman–Crippen MR) is 85.6 cm³/mol. The fourth-order valence-electron chi connectivity index (χ4n) is 2.13. The second kappa shape index (κ2) is 6.15. The molecule has 21 heavy (non-hydrogen) atoms. The summed E-state index contributed by atoms with van der Waals surface area (Å²) in [6.07, 6.45) is 0. The van der Waals surface area contributed by atoms with Crippen LogP contribution in [-0.4, -0.2) is 15.0 Å². The topological polar surface area (TPSA) is 75.4 Å². The number of nitrogens with zero attached hydrogens (tertiary/aromatic N) is 1. The minimum atomic E-state index is -3.67. The number of anilines is 2. The lowest BCUT2D eigenvalue weighted by Gasteiger charge is -2.24. The van der Waals surface area contributed by atoms with Crippen molar-refractivity contribution < 1.29 is 8.42 Å². The Morgan fingerprint density at radius 1 is 1.10 bits per heavy atom. The molecule has 5 nitrogen and oxygen atoms in total. The first kappa shape index (κ1) is 15.3. The summed E-state index contributed by atoms with van der Waals surface area (Å²) in [7, 11) is -3.67. The first-order valence-corrected chi connectivity index (χ1v) is 8.09. The van der Waals surface area contributed by atoms with Gasteiger partial charge in [-0.05, 0) is 38.1 Å². The molecule has 0 saturated heterocycles. The molecule has 0 spiro atoms. The molecule has 0 aliphatic rings. The SMILES string of the molecule is CCN(c1ccc(C)cc1)S(=O)(=O)c1ccccc1NN. The average Bonchev–Trinajstić information content (AvgIpc) is 2.49. The maximum atomic E-state index is 12.9. The molecule has 0 fully saturated rings. The number of benzene rings is 2. The van der Waals surface area contributed by atoms with Gasteiger partial charge >= 0.3 is 0 Å². The largest absolute Gasteiger partial charge is 0.323 e. The van der Waals surface area contributed by atoms with Gasteiger partial charge in [-0.25, -0.2) is 8.42 Å². The van der Waals surface area contributed by atoms with Crippen molar-refractivity contribution in [1.29, 1.82) is 0 Å². The molecule has 2 aromatic carbocycles. The molecule has 3 N–H and O–H groups in total. The summed E-state index contributed by atoms with van der Waals surface area (Å²) in [4.78, 5) is 0.162. The van der Waals surface area contributed by atoms with Crippen molar-refractivity contribution in [1.82, 2.24) is 0 Å². The fraction of sp³-hybridized carbons (Fsp3) is 0.200. The number of nitrogens with two attached hydrogens (primary N) is 1. The molecule has 0 aromatic heterocycles. The molecule has 112 valence electrons. The maximum Gasteiger partial charge on any atom is 0.266 e. The molecule has 2 rings (SSSR count). The lowest BCUT2D eigenvalue weighted by Crippen LogP contribution is -2.31. The highest BCUT2D eigenvalue weighted by atomic mass is 32.2. The Bertz CT molecular complexity index is 712. The molecule has 6 heteroatoms. The maximum absolute atomic E-state index is 12.9. The third-order valence-corrected chi connectivity index (χ3v) is 5.18. The van der Waals surface area contributed by atoms with Crippen LogP contribution in [0.5, 0.6) is 0 Å². The summed E-state index contributed by atoms with van der Waals surface area (Å²) in [6.45, 7) is 4.10. The van der Waals surface area contributed by atoms with E-state index >= 15 is 0 Å². The van der Waals surface area contributed by atoms with Gasteiger partial charge in [-0.1, -0.05) is 29.8 Å². The predicted octanol–water partition coefficient (Wildman–Crippen LogP) is 2.50. The summed E-state index contributed by atoms with van der Waals surface area (Å²) < 4.78 is 27.1. The van der Waals surface area contributed by atoms with E-state index in [9.17, 15) is 8.42 Å². The van der Waals surface area contributed by atoms with E-state index in [4.69, 9.17) is 5.84 Å². The van der Waals surface area contributed by atoms with Crippen molar-refractivity contribution in [2.24, 2.45) is 5.84 Å². The highest BCUT2D eigenvalue weighted by molar-refractivity contribution is 7.93. The van der Waals surface area contributed by atoms with Crippen molar-refractivity contribution >= 4 is 21.4 Å². The van der Waals surface area contributed by atoms with E-state index < -0.39 is 10.0 Å². The van der Waals surface area contributed by atoms with Crippen LogP contribution in [0, 0.1) is 6.92 Å². The number of nitrogen functional groups attached to an aromatic ring is 1. The van der Waals surface area contributed by atoms with Gasteiger partial charge < -0.3 is 5.43 Å². The number of para-hydroxylation sites is 1. The van der Waals surface area contributed by atoms with Crippen molar-refractivity contribution in [3.63, 3.8) is 0 Å². The lowest BCUT2D eigenvalue weighted by atomic mass is 10.2. The molecule has 0 unspecified atom stereocenters. The number of sulfonamides is 1. The Morgan fingerprint density at radius 3 is 2.29 bits per heavy atom. The number of hydrazine groups is 1. The molecule has 0 aliphatic heterocycles. The van der Waals surface area contributed by atoms with Crippen LogP contribution in [0.1, 0.15) is 12.5 Å². The molecular weight excluding hydrogens is 286 g/mol. The number of rotatable bonds is 5. The molecule has 2 aromatic rings. The summed E-state index contributed by atoms with van der Waals surface area (Å²) >= 11 is 0. The molecule has 0 amide bonds.